The van der Waals surface area contributed by atoms with E-state index >= 15 is 0 Å². The van der Waals surface area contributed by atoms with E-state index in [1.807, 2.05) is 18.2 Å². The van der Waals surface area contributed by atoms with Crippen molar-refractivity contribution in [2.75, 3.05) is 18.5 Å². The lowest BCUT2D eigenvalue weighted by Crippen LogP contribution is -2.25. The highest BCUT2D eigenvalue weighted by atomic mass is 16.5. The van der Waals surface area contributed by atoms with Crippen LogP contribution in [0.2, 0.25) is 0 Å². The smallest absolute Gasteiger partial charge is 0.193 e. The van der Waals surface area contributed by atoms with Crippen LogP contribution in [-0.2, 0) is 4.74 Å². The van der Waals surface area contributed by atoms with Crippen LogP contribution in [0.15, 0.2) is 59.6 Å². The summed E-state index contributed by atoms with van der Waals surface area (Å²) in [7, 11) is 0. The summed E-state index contributed by atoms with van der Waals surface area (Å²) in [5, 5.41) is 3.22. The van der Waals surface area contributed by atoms with Crippen LogP contribution < -0.4 is 11.1 Å². The minimum atomic E-state index is 0.0709. The van der Waals surface area contributed by atoms with Crippen molar-refractivity contribution < 1.29 is 4.74 Å². The molecule has 1 heterocycles. The van der Waals surface area contributed by atoms with Gasteiger partial charge >= 0.3 is 0 Å². The van der Waals surface area contributed by atoms with Crippen molar-refractivity contribution in [2.24, 2.45) is 16.6 Å². The van der Waals surface area contributed by atoms with Gasteiger partial charge in [0.1, 0.15) is 0 Å². The summed E-state index contributed by atoms with van der Waals surface area (Å²) in [5.74, 6) is 1.10. The normalized spacial score (nSPS) is 17.2. The van der Waals surface area contributed by atoms with E-state index in [1.165, 1.54) is 11.1 Å². The van der Waals surface area contributed by atoms with Crippen LogP contribution in [0.3, 0.4) is 0 Å². The first-order valence-electron chi connectivity index (χ1n) is 9.00. The Morgan fingerprint density at radius 2 is 1.92 bits per heavy atom. The molecule has 1 fully saturated rings. The molecule has 0 amide bonds. The Bertz CT molecular complexity index is 693. The summed E-state index contributed by atoms with van der Waals surface area (Å²) in [5.41, 5.74) is 9.59. The first kappa shape index (κ1) is 17.5. The summed E-state index contributed by atoms with van der Waals surface area (Å²) >= 11 is 0. The van der Waals surface area contributed by atoms with Crippen molar-refractivity contribution in [3.8, 4) is 0 Å². The maximum absolute atomic E-state index is 6.21. The monoisotopic (exact) mass is 337 g/mol. The third-order valence-electron chi connectivity index (χ3n) is 4.67. The molecule has 0 aliphatic carbocycles. The predicted octanol–water partition coefficient (Wildman–Crippen LogP) is 4.28. The van der Waals surface area contributed by atoms with E-state index in [0.29, 0.717) is 11.9 Å². The van der Waals surface area contributed by atoms with Crippen LogP contribution in [0.25, 0.3) is 0 Å². The second-order valence-corrected chi connectivity index (χ2v) is 6.73. The molecule has 1 unspecified atom stereocenters. The van der Waals surface area contributed by atoms with Crippen LogP contribution in [0, 0.1) is 12.8 Å². The Labute approximate surface area is 150 Å². The molecular formula is C21H27N3O. The van der Waals surface area contributed by atoms with Gasteiger partial charge in [0.15, 0.2) is 5.96 Å². The molecule has 3 N–H and O–H groups in total. The number of nitrogens with one attached hydrogen (secondary N) is 1. The third-order valence-corrected chi connectivity index (χ3v) is 4.67. The highest BCUT2D eigenvalue weighted by Crippen LogP contribution is 2.30. The fraction of sp³-hybridized carbons (Fsp3) is 0.381. The number of benzene rings is 2. The fourth-order valence-corrected chi connectivity index (χ4v) is 3.31. The quantitative estimate of drug-likeness (QED) is 0.632. The number of aryl methyl sites for hydroxylation is 1. The lowest BCUT2D eigenvalue weighted by Gasteiger charge is -2.25. The van der Waals surface area contributed by atoms with E-state index < -0.39 is 0 Å². The van der Waals surface area contributed by atoms with Crippen molar-refractivity contribution >= 4 is 11.6 Å². The zero-order chi connectivity index (χ0) is 17.5. The minimum absolute atomic E-state index is 0.0709. The number of nitrogens with zero attached hydrogens (tertiary/aromatic N) is 1. The maximum atomic E-state index is 6.21. The zero-order valence-corrected chi connectivity index (χ0v) is 14.8. The van der Waals surface area contributed by atoms with Gasteiger partial charge in [-0.25, -0.2) is 4.99 Å². The van der Waals surface area contributed by atoms with Gasteiger partial charge in [-0.3, -0.25) is 0 Å². The topological polar surface area (TPSA) is 59.6 Å². The van der Waals surface area contributed by atoms with Crippen LogP contribution >= 0.6 is 0 Å². The van der Waals surface area contributed by atoms with E-state index in [-0.39, 0.29) is 6.04 Å². The van der Waals surface area contributed by atoms with E-state index in [9.17, 15) is 0 Å². The molecule has 0 saturated carbocycles. The molecule has 132 valence electrons. The van der Waals surface area contributed by atoms with Crippen molar-refractivity contribution in [1.82, 2.24) is 0 Å². The number of guanidine groups is 1. The van der Waals surface area contributed by atoms with Gasteiger partial charge in [0.25, 0.3) is 0 Å². The SMILES string of the molecule is Cc1cccc(NC(N)=NC(CC2CCOCC2)c2ccccc2)c1. The van der Waals surface area contributed by atoms with Crippen molar-refractivity contribution in [1.29, 1.82) is 0 Å². The van der Waals surface area contributed by atoms with E-state index in [0.717, 1.165) is 38.2 Å². The average molecular weight is 337 g/mol. The lowest BCUT2D eigenvalue weighted by molar-refractivity contribution is 0.0619. The molecule has 4 heteroatoms. The molecule has 1 aliphatic heterocycles. The Morgan fingerprint density at radius 1 is 1.16 bits per heavy atom. The Balaban J connectivity index is 1.75. The van der Waals surface area contributed by atoms with Gasteiger partial charge in [0, 0.05) is 18.9 Å². The molecule has 1 saturated heterocycles. The lowest BCUT2D eigenvalue weighted by atomic mass is 9.90. The first-order valence-corrected chi connectivity index (χ1v) is 9.00. The van der Waals surface area contributed by atoms with E-state index in [4.69, 9.17) is 15.5 Å². The van der Waals surface area contributed by atoms with Crippen LogP contribution in [-0.4, -0.2) is 19.2 Å². The molecule has 3 rings (SSSR count). The van der Waals surface area contributed by atoms with E-state index in [2.05, 4.69) is 48.6 Å². The van der Waals surface area contributed by atoms with Crippen molar-refractivity contribution in [3.05, 3.63) is 65.7 Å². The molecule has 0 aromatic heterocycles. The molecule has 2 aromatic rings. The molecule has 0 spiro atoms. The summed E-state index contributed by atoms with van der Waals surface area (Å²) in [6.07, 6.45) is 3.21. The molecule has 1 aliphatic rings. The van der Waals surface area contributed by atoms with Crippen molar-refractivity contribution in [2.45, 2.75) is 32.2 Å². The zero-order valence-electron chi connectivity index (χ0n) is 14.8. The predicted molar refractivity (Wildman–Crippen MR) is 104 cm³/mol. The van der Waals surface area contributed by atoms with E-state index in [1.54, 1.807) is 0 Å². The number of nitrogens with two attached hydrogens (primary N) is 1. The molecule has 0 radical (unpaired) electrons. The number of anilines is 1. The van der Waals surface area contributed by atoms with Gasteiger partial charge in [-0.15, -0.1) is 0 Å². The highest BCUT2D eigenvalue weighted by molar-refractivity contribution is 5.92. The largest absolute Gasteiger partial charge is 0.381 e. The minimum Gasteiger partial charge on any atom is -0.381 e. The molecule has 25 heavy (non-hydrogen) atoms. The second-order valence-electron chi connectivity index (χ2n) is 6.73. The van der Waals surface area contributed by atoms with Crippen LogP contribution in [0.4, 0.5) is 5.69 Å². The average Bonchev–Trinajstić information content (AvgIpc) is 2.63. The summed E-state index contributed by atoms with van der Waals surface area (Å²) in [6.45, 7) is 3.77. The molecule has 1 atom stereocenters. The van der Waals surface area contributed by atoms with Gasteiger partial charge in [-0.05, 0) is 55.4 Å². The van der Waals surface area contributed by atoms with Gasteiger partial charge in [0.05, 0.1) is 6.04 Å². The standard InChI is InChI=1S/C21H27N3O/c1-16-6-5-9-19(14-16)23-21(22)24-20(18-7-3-2-4-8-18)15-17-10-12-25-13-11-17/h2-9,14,17,20H,10-13,15H2,1H3,(H3,22,23,24). The Kier molecular flexibility index (Phi) is 6.07. The summed E-state index contributed by atoms with van der Waals surface area (Å²) in [4.78, 5) is 4.81. The van der Waals surface area contributed by atoms with Crippen molar-refractivity contribution in [3.63, 3.8) is 0 Å². The number of rotatable bonds is 5. The highest BCUT2D eigenvalue weighted by Gasteiger charge is 2.20. The molecule has 2 aromatic carbocycles. The van der Waals surface area contributed by atoms with Gasteiger partial charge < -0.3 is 15.8 Å². The molecular weight excluding hydrogens is 310 g/mol. The Morgan fingerprint density at radius 3 is 2.64 bits per heavy atom. The Hall–Kier alpha value is -2.33. The first-order chi connectivity index (χ1) is 12.2. The number of hydrogen-bond acceptors (Lipinski definition) is 2. The number of ether oxygens (including phenoxy) is 1. The fourth-order valence-electron chi connectivity index (χ4n) is 3.31. The number of aliphatic imine (C=N–C) groups is 1. The molecule has 4 nitrogen and oxygen atoms in total. The maximum Gasteiger partial charge on any atom is 0.193 e. The summed E-state index contributed by atoms with van der Waals surface area (Å²) < 4.78 is 5.49. The van der Waals surface area contributed by atoms with Gasteiger partial charge in [-0.1, -0.05) is 42.5 Å². The van der Waals surface area contributed by atoms with Crippen LogP contribution in [0.5, 0.6) is 0 Å². The van der Waals surface area contributed by atoms with Crippen LogP contribution in [0.1, 0.15) is 36.4 Å². The third kappa shape index (κ3) is 5.33. The summed E-state index contributed by atoms with van der Waals surface area (Å²) in [6, 6.07) is 18.6. The molecule has 0 bridgehead atoms. The second kappa shape index (κ2) is 8.67. The number of hydrogen-bond donors (Lipinski definition) is 2. The van der Waals surface area contributed by atoms with Gasteiger partial charge in [-0.2, -0.15) is 0 Å². The van der Waals surface area contributed by atoms with Gasteiger partial charge in [0.2, 0.25) is 0 Å².